The highest BCUT2D eigenvalue weighted by Gasteiger charge is 2.29. The SMILES string of the molecule is CC(C)CNS(=O)(=O)NC1CCC(=O)NC1=O. The Labute approximate surface area is 101 Å². The van der Waals surface area contributed by atoms with Crippen LogP contribution in [0.25, 0.3) is 0 Å². The van der Waals surface area contributed by atoms with Gasteiger partial charge in [0.05, 0.1) is 0 Å². The summed E-state index contributed by atoms with van der Waals surface area (Å²) in [5, 5.41) is 2.08. The molecule has 0 radical (unpaired) electrons. The molecular formula is C9H17N3O4S. The number of piperidine rings is 1. The van der Waals surface area contributed by atoms with Gasteiger partial charge in [0.2, 0.25) is 11.8 Å². The molecule has 0 bridgehead atoms. The lowest BCUT2D eigenvalue weighted by atomic mass is 10.1. The van der Waals surface area contributed by atoms with Crippen LogP contribution in [0.3, 0.4) is 0 Å². The third-order valence-electron chi connectivity index (χ3n) is 2.22. The molecule has 98 valence electrons. The summed E-state index contributed by atoms with van der Waals surface area (Å²) < 4.78 is 27.6. The van der Waals surface area contributed by atoms with Crippen molar-refractivity contribution in [1.29, 1.82) is 0 Å². The van der Waals surface area contributed by atoms with E-state index >= 15 is 0 Å². The largest absolute Gasteiger partial charge is 0.295 e. The van der Waals surface area contributed by atoms with Crippen LogP contribution in [0.1, 0.15) is 26.7 Å². The topological polar surface area (TPSA) is 104 Å². The smallest absolute Gasteiger partial charge is 0.277 e. The van der Waals surface area contributed by atoms with E-state index in [1.807, 2.05) is 13.8 Å². The van der Waals surface area contributed by atoms with Crippen molar-refractivity contribution in [2.75, 3.05) is 6.54 Å². The first-order chi connectivity index (χ1) is 7.80. The number of amides is 2. The molecule has 1 aliphatic heterocycles. The lowest BCUT2D eigenvalue weighted by Crippen LogP contribution is -2.54. The molecule has 1 saturated heterocycles. The second-order valence-electron chi connectivity index (χ2n) is 4.37. The molecule has 2 amide bonds. The van der Waals surface area contributed by atoms with Crippen molar-refractivity contribution in [3.05, 3.63) is 0 Å². The first-order valence-corrected chi connectivity index (χ1v) is 6.89. The van der Waals surface area contributed by atoms with Crippen molar-refractivity contribution in [2.45, 2.75) is 32.7 Å². The van der Waals surface area contributed by atoms with Crippen molar-refractivity contribution in [3.8, 4) is 0 Å². The van der Waals surface area contributed by atoms with Gasteiger partial charge in [0, 0.05) is 13.0 Å². The van der Waals surface area contributed by atoms with Crippen molar-refractivity contribution in [3.63, 3.8) is 0 Å². The minimum absolute atomic E-state index is 0.142. The molecule has 7 nitrogen and oxygen atoms in total. The van der Waals surface area contributed by atoms with Crippen LogP contribution in [0, 0.1) is 5.92 Å². The molecule has 0 spiro atoms. The van der Waals surface area contributed by atoms with E-state index in [0.29, 0.717) is 6.54 Å². The summed E-state index contributed by atoms with van der Waals surface area (Å²) in [7, 11) is -3.70. The molecule has 0 aliphatic carbocycles. The van der Waals surface area contributed by atoms with E-state index in [1.165, 1.54) is 0 Å². The van der Waals surface area contributed by atoms with Gasteiger partial charge in [0.15, 0.2) is 0 Å². The summed E-state index contributed by atoms with van der Waals surface area (Å²) in [5.74, 6) is -0.801. The molecule has 3 N–H and O–H groups in total. The average molecular weight is 263 g/mol. The van der Waals surface area contributed by atoms with Crippen molar-refractivity contribution >= 4 is 22.0 Å². The van der Waals surface area contributed by atoms with Crippen LogP contribution in [-0.2, 0) is 19.8 Å². The van der Waals surface area contributed by atoms with Crippen molar-refractivity contribution < 1.29 is 18.0 Å². The maximum Gasteiger partial charge on any atom is 0.277 e. The van der Waals surface area contributed by atoms with Gasteiger partial charge in [-0.15, -0.1) is 0 Å². The maximum atomic E-state index is 11.5. The molecule has 0 aromatic heterocycles. The Balaban J connectivity index is 2.53. The van der Waals surface area contributed by atoms with Crippen LogP contribution in [0.2, 0.25) is 0 Å². The van der Waals surface area contributed by atoms with E-state index in [-0.39, 0.29) is 24.7 Å². The van der Waals surface area contributed by atoms with Crippen LogP contribution in [0.4, 0.5) is 0 Å². The number of rotatable bonds is 5. The Bertz CT molecular complexity index is 404. The zero-order valence-electron chi connectivity index (χ0n) is 9.82. The highest BCUT2D eigenvalue weighted by Crippen LogP contribution is 2.05. The van der Waals surface area contributed by atoms with Crippen LogP contribution in [0.15, 0.2) is 0 Å². The molecule has 1 unspecified atom stereocenters. The minimum atomic E-state index is -3.70. The van der Waals surface area contributed by atoms with E-state index in [1.54, 1.807) is 0 Å². The molecule has 1 fully saturated rings. The second-order valence-corrected chi connectivity index (χ2v) is 5.90. The summed E-state index contributed by atoms with van der Waals surface area (Å²) in [4.78, 5) is 22.2. The molecule has 8 heteroatoms. The van der Waals surface area contributed by atoms with E-state index < -0.39 is 22.2 Å². The van der Waals surface area contributed by atoms with E-state index in [9.17, 15) is 18.0 Å². The van der Waals surface area contributed by atoms with Crippen LogP contribution in [0.5, 0.6) is 0 Å². The van der Waals surface area contributed by atoms with Gasteiger partial charge >= 0.3 is 0 Å². The third-order valence-corrected chi connectivity index (χ3v) is 3.36. The molecule has 1 heterocycles. The van der Waals surface area contributed by atoms with Gasteiger partial charge < -0.3 is 0 Å². The van der Waals surface area contributed by atoms with Gasteiger partial charge in [-0.05, 0) is 12.3 Å². The average Bonchev–Trinajstić information content (AvgIpc) is 2.20. The number of nitrogens with one attached hydrogen (secondary N) is 3. The first kappa shape index (κ1) is 14.1. The van der Waals surface area contributed by atoms with E-state index in [4.69, 9.17) is 0 Å². The number of imide groups is 1. The molecule has 0 saturated carbocycles. The summed E-state index contributed by atoms with van der Waals surface area (Å²) in [6.07, 6.45) is 0.330. The van der Waals surface area contributed by atoms with Gasteiger partial charge in [0.1, 0.15) is 6.04 Å². The molecule has 17 heavy (non-hydrogen) atoms. The molecule has 1 rings (SSSR count). The zero-order chi connectivity index (χ0) is 13.1. The quantitative estimate of drug-likeness (QED) is 0.546. The number of hydrogen-bond acceptors (Lipinski definition) is 4. The van der Waals surface area contributed by atoms with Crippen LogP contribution >= 0.6 is 0 Å². The Morgan fingerprint density at radius 3 is 2.59 bits per heavy atom. The highest BCUT2D eigenvalue weighted by molar-refractivity contribution is 7.87. The van der Waals surface area contributed by atoms with E-state index in [0.717, 1.165) is 0 Å². The van der Waals surface area contributed by atoms with Gasteiger partial charge in [0.25, 0.3) is 10.2 Å². The van der Waals surface area contributed by atoms with Gasteiger partial charge in [-0.1, -0.05) is 13.8 Å². The monoisotopic (exact) mass is 263 g/mol. The number of hydrogen-bond donors (Lipinski definition) is 3. The molecule has 0 aromatic rings. The van der Waals surface area contributed by atoms with Gasteiger partial charge in [-0.3, -0.25) is 14.9 Å². The van der Waals surface area contributed by atoms with Crippen LogP contribution in [-0.4, -0.2) is 32.8 Å². The Kier molecular flexibility index (Phi) is 4.61. The highest BCUT2D eigenvalue weighted by atomic mass is 32.2. The fourth-order valence-corrected chi connectivity index (χ4v) is 2.55. The fourth-order valence-electron chi connectivity index (χ4n) is 1.31. The predicted molar refractivity (Wildman–Crippen MR) is 61.1 cm³/mol. The zero-order valence-corrected chi connectivity index (χ0v) is 10.6. The van der Waals surface area contributed by atoms with Crippen molar-refractivity contribution in [1.82, 2.24) is 14.8 Å². The summed E-state index contributed by atoms with van der Waals surface area (Å²) >= 11 is 0. The molecule has 1 atom stereocenters. The lowest BCUT2D eigenvalue weighted by Gasteiger charge is -2.22. The molecule has 0 aromatic carbocycles. The summed E-state index contributed by atoms with van der Waals surface area (Å²) in [6.45, 7) is 4.03. The number of carbonyl (C=O) groups excluding carboxylic acids is 2. The first-order valence-electron chi connectivity index (χ1n) is 5.41. The van der Waals surface area contributed by atoms with Crippen LogP contribution < -0.4 is 14.8 Å². The van der Waals surface area contributed by atoms with E-state index in [2.05, 4.69) is 14.8 Å². The minimum Gasteiger partial charge on any atom is -0.295 e. The lowest BCUT2D eigenvalue weighted by molar-refractivity contribution is -0.134. The van der Waals surface area contributed by atoms with Crippen molar-refractivity contribution in [2.24, 2.45) is 5.92 Å². The van der Waals surface area contributed by atoms with Gasteiger partial charge in [-0.25, -0.2) is 4.72 Å². The Morgan fingerprint density at radius 1 is 1.41 bits per heavy atom. The Hall–Kier alpha value is -0.990. The summed E-state index contributed by atoms with van der Waals surface area (Å²) in [6, 6.07) is -0.877. The molecule has 1 aliphatic rings. The maximum absolute atomic E-state index is 11.5. The van der Waals surface area contributed by atoms with Gasteiger partial charge in [-0.2, -0.15) is 13.1 Å². The normalized spacial score (nSPS) is 21.7. The number of carbonyl (C=O) groups is 2. The standard InChI is InChI=1S/C9H17N3O4S/c1-6(2)5-10-17(15,16)12-7-3-4-8(13)11-9(7)14/h6-7,10,12H,3-5H2,1-2H3,(H,11,13,14). The predicted octanol–water partition coefficient (Wildman–Crippen LogP) is -1.13. The third kappa shape index (κ3) is 4.80. The summed E-state index contributed by atoms with van der Waals surface area (Å²) in [5.41, 5.74) is 0. The Morgan fingerprint density at radius 2 is 2.06 bits per heavy atom. The fraction of sp³-hybridized carbons (Fsp3) is 0.778. The second kappa shape index (κ2) is 5.56. The molecular weight excluding hydrogens is 246 g/mol.